The van der Waals surface area contributed by atoms with Gasteiger partial charge in [-0.25, -0.2) is 0 Å². The summed E-state index contributed by atoms with van der Waals surface area (Å²) >= 11 is 0. The first-order valence-electron chi connectivity index (χ1n) is 10.6. The Morgan fingerprint density at radius 1 is 0.781 bits per heavy atom. The van der Waals surface area contributed by atoms with Crippen molar-refractivity contribution in [1.82, 2.24) is 0 Å². The van der Waals surface area contributed by atoms with E-state index in [1.165, 1.54) is 0 Å². The van der Waals surface area contributed by atoms with Gasteiger partial charge in [-0.15, -0.1) is 0 Å². The average molecular weight is 421 g/mol. The number of hydrogen-bond donors (Lipinski definition) is 1. The van der Waals surface area contributed by atoms with E-state index in [-0.39, 0.29) is 12.3 Å². The summed E-state index contributed by atoms with van der Waals surface area (Å²) in [6.45, 7) is 0.587. The molecule has 32 heavy (non-hydrogen) atoms. The second-order valence-corrected chi connectivity index (χ2v) is 7.96. The molecule has 0 aromatic heterocycles. The number of carbonyl (C=O) groups excluding carboxylic acids is 1. The molecule has 1 aliphatic heterocycles. The second kappa shape index (κ2) is 8.33. The number of Topliss-reactive ketones (excluding diaryl/α,β-unsaturated/α-hetero) is 1. The average Bonchev–Trinajstić information content (AvgIpc) is 3.01. The molecule has 0 fully saturated rings. The lowest BCUT2D eigenvalue weighted by Gasteiger charge is -2.34. The quantitative estimate of drug-likeness (QED) is 0.428. The van der Waals surface area contributed by atoms with Gasteiger partial charge in [0.25, 0.3) is 0 Å². The molecule has 1 heterocycles. The maximum Gasteiger partial charge on any atom is 0.200 e. The van der Waals surface area contributed by atoms with Crippen LogP contribution in [0.2, 0.25) is 0 Å². The fraction of sp³-hybridized carbons (Fsp3) is 0.107. The first kappa shape index (κ1) is 20.0. The number of β-amino-alcohol motifs (C(OH)–C–C–N with tert-alkyl or cyclic N) is 1. The first-order valence-corrected chi connectivity index (χ1v) is 10.6. The zero-order valence-corrected chi connectivity index (χ0v) is 17.5. The number of ether oxygens (including phenoxy) is 1. The van der Waals surface area contributed by atoms with E-state index < -0.39 is 5.60 Å². The van der Waals surface area contributed by atoms with E-state index in [2.05, 4.69) is 0 Å². The van der Waals surface area contributed by atoms with E-state index in [1.807, 2.05) is 89.8 Å². The maximum absolute atomic E-state index is 13.7. The van der Waals surface area contributed by atoms with Crippen molar-refractivity contribution in [3.63, 3.8) is 0 Å². The second-order valence-electron chi connectivity index (χ2n) is 7.96. The van der Waals surface area contributed by atoms with Gasteiger partial charge in [0.1, 0.15) is 5.75 Å². The monoisotopic (exact) mass is 421 g/mol. The van der Waals surface area contributed by atoms with Crippen LogP contribution in [0.4, 0.5) is 5.69 Å². The molecule has 0 bridgehead atoms. The first-order chi connectivity index (χ1) is 15.6. The van der Waals surface area contributed by atoms with E-state index in [0.29, 0.717) is 23.4 Å². The Hall–Kier alpha value is -3.89. The zero-order chi connectivity index (χ0) is 22.0. The van der Waals surface area contributed by atoms with E-state index >= 15 is 0 Å². The molecule has 0 saturated heterocycles. The van der Waals surface area contributed by atoms with Crippen molar-refractivity contribution in [2.45, 2.75) is 12.1 Å². The summed E-state index contributed by atoms with van der Waals surface area (Å²) in [6, 6.07) is 33.7. The third-order valence-electron chi connectivity index (χ3n) is 5.84. The molecule has 158 valence electrons. The van der Waals surface area contributed by atoms with E-state index in [1.54, 1.807) is 24.3 Å². The van der Waals surface area contributed by atoms with Crippen LogP contribution in [0.1, 0.15) is 21.5 Å². The van der Waals surface area contributed by atoms with Crippen LogP contribution in [-0.4, -0.2) is 17.4 Å². The van der Waals surface area contributed by atoms with Gasteiger partial charge in [-0.2, -0.15) is 0 Å². The number of nitrogens with zero attached hydrogens (tertiary/aromatic N) is 1. The predicted octanol–water partition coefficient (Wildman–Crippen LogP) is 5.57. The highest BCUT2D eigenvalue weighted by Crippen LogP contribution is 2.40. The fourth-order valence-corrected chi connectivity index (χ4v) is 4.20. The number of benzene rings is 4. The SMILES string of the molecule is O=C(c1ccccc1)C(O)(CN1Cc2ccccc2Oc2ccccc21)c1ccccc1. The minimum Gasteiger partial charge on any atom is -0.455 e. The molecule has 0 radical (unpaired) electrons. The molecule has 0 amide bonds. The molecule has 1 aliphatic rings. The predicted molar refractivity (Wildman–Crippen MR) is 125 cm³/mol. The Morgan fingerprint density at radius 2 is 1.38 bits per heavy atom. The van der Waals surface area contributed by atoms with E-state index in [0.717, 1.165) is 17.0 Å². The number of fused-ring (bicyclic) bond motifs is 2. The van der Waals surface area contributed by atoms with Crippen LogP contribution in [0, 0.1) is 0 Å². The van der Waals surface area contributed by atoms with Gasteiger partial charge in [-0.3, -0.25) is 4.79 Å². The van der Waals surface area contributed by atoms with Crippen LogP contribution >= 0.6 is 0 Å². The summed E-state index contributed by atoms with van der Waals surface area (Å²) in [7, 11) is 0. The molecule has 0 spiro atoms. The summed E-state index contributed by atoms with van der Waals surface area (Å²) in [5.41, 5.74) is 1.11. The Morgan fingerprint density at radius 3 is 2.12 bits per heavy atom. The van der Waals surface area contributed by atoms with Gasteiger partial charge in [0, 0.05) is 17.7 Å². The van der Waals surface area contributed by atoms with Crippen molar-refractivity contribution < 1.29 is 14.6 Å². The normalized spacial score (nSPS) is 14.3. The molecule has 1 unspecified atom stereocenters. The van der Waals surface area contributed by atoms with Gasteiger partial charge in [-0.1, -0.05) is 91.0 Å². The summed E-state index contributed by atoms with van der Waals surface area (Å²) in [6.07, 6.45) is 0. The Bertz CT molecular complexity index is 1240. The van der Waals surface area contributed by atoms with Gasteiger partial charge < -0.3 is 14.7 Å². The van der Waals surface area contributed by atoms with Crippen molar-refractivity contribution in [3.8, 4) is 11.5 Å². The molecular formula is C28H23NO3. The number of rotatable bonds is 5. The summed E-state index contributed by atoms with van der Waals surface area (Å²) in [5.74, 6) is 1.14. The van der Waals surface area contributed by atoms with Crippen molar-refractivity contribution in [2.75, 3.05) is 11.4 Å². The highest BCUT2D eigenvalue weighted by Gasteiger charge is 2.41. The molecule has 4 heteroatoms. The van der Waals surface area contributed by atoms with Gasteiger partial charge in [-0.05, 0) is 23.8 Å². The summed E-state index contributed by atoms with van der Waals surface area (Å²) in [4.78, 5) is 15.7. The van der Waals surface area contributed by atoms with Crippen LogP contribution in [0.5, 0.6) is 11.5 Å². The van der Waals surface area contributed by atoms with Crippen LogP contribution in [0.15, 0.2) is 109 Å². The van der Waals surface area contributed by atoms with Crippen molar-refractivity contribution in [2.24, 2.45) is 0 Å². The number of ketones is 1. The largest absolute Gasteiger partial charge is 0.455 e. The number of anilines is 1. The molecular weight excluding hydrogens is 398 g/mol. The van der Waals surface area contributed by atoms with Crippen LogP contribution < -0.4 is 9.64 Å². The Balaban J connectivity index is 1.61. The van der Waals surface area contributed by atoms with E-state index in [9.17, 15) is 9.90 Å². The maximum atomic E-state index is 13.7. The standard InChI is InChI=1S/C28H23NO3/c30-27(21-11-3-1-4-12-21)28(31,23-14-5-2-6-15-23)20-29-19-22-13-7-9-17-25(22)32-26-18-10-8-16-24(26)29/h1-18,31H,19-20H2. The Labute approximate surface area is 187 Å². The highest BCUT2D eigenvalue weighted by molar-refractivity contribution is 6.03. The smallest absolute Gasteiger partial charge is 0.200 e. The minimum atomic E-state index is -1.74. The summed E-state index contributed by atoms with van der Waals surface area (Å²) < 4.78 is 6.19. The highest BCUT2D eigenvalue weighted by atomic mass is 16.5. The van der Waals surface area contributed by atoms with E-state index in [4.69, 9.17) is 4.74 Å². The molecule has 1 atom stereocenters. The molecule has 1 N–H and O–H groups in total. The number of hydrogen-bond acceptors (Lipinski definition) is 4. The third-order valence-corrected chi connectivity index (χ3v) is 5.84. The van der Waals surface area contributed by atoms with Gasteiger partial charge in [0.15, 0.2) is 11.4 Å². The number of para-hydroxylation sites is 3. The molecule has 0 saturated carbocycles. The Kier molecular flexibility index (Phi) is 5.21. The molecule has 4 aromatic rings. The van der Waals surface area contributed by atoms with Crippen molar-refractivity contribution in [3.05, 3.63) is 126 Å². The third kappa shape index (κ3) is 3.66. The van der Waals surface area contributed by atoms with Gasteiger partial charge in [0.05, 0.1) is 12.2 Å². The molecule has 5 rings (SSSR count). The topological polar surface area (TPSA) is 49.8 Å². The lowest BCUT2D eigenvalue weighted by Crippen LogP contribution is -2.46. The molecule has 0 aliphatic carbocycles. The van der Waals surface area contributed by atoms with Gasteiger partial charge >= 0.3 is 0 Å². The van der Waals surface area contributed by atoms with Crippen LogP contribution in [0.25, 0.3) is 0 Å². The van der Waals surface area contributed by atoms with Crippen molar-refractivity contribution in [1.29, 1.82) is 0 Å². The number of carbonyl (C=O) groups is 1. The van der Waals surface area contributed by atoms with Gasteiger partial charge in [0.2, 0.25) is 5.78 Å². The number of aliphatic hydroxyl groups is 1. The minimum absolute atomic E-state index is 0.0828. The molecule has 4 aromatic carbocycles. The van der Waals surface area contributed by atoms with Crippen molar-refractivity contribution >= 4 is 11.5 Å². The molecule has 4 nitrogen and oxygen atoms in total. The fourth-order valence-electron chi connectivity index (χ4n) is 4.20. The lowest BCUT2D eigenvalue weighted by atomic mass is 9.85. The zero-order valence-electron chi connectivity index (χ0n) is 17.5. The lowest BCUT2D eigenvalue weighted by molar-refractivity contribution is 0.0331. The summed E-state index contributed by atoms with van der Waals surface area (Å²) in [5, 5.41) is 12.0. The van der Waals surface area contributed by atoms with Crippen LogP contribution in [-0.2, 0) is 12.1 Å². The van der Waals surface area contributed by atoms with Crippen LogP contribution in [0.3, 0.4) is 0 Å².